The van der Waals surface area contributed by atoms with E-state index in [4.69, 9.17) is 15.2 Å². The molecule has 168 valence electrons. The van der Waals surface area contributed by atoms with Gasteiger partial charge >= 0.3 is 0 Å². The predicted molar refractivity (Wildman–Crippen MR) is 128 cm³/mol. The van der Waals surface area contributed by atoms with E-state index in [1.165, 1.54) is 12.1 Å². The molecule has 0 aromatic heterocycles. The van der Waals surface area contributed by atoms with Gasteiger partial charge in [-0.25, -0.2) is 4.39 Å². The van der Waals surface area contributed by atoms with Crippen molar-refractivity contribution in [3.8, 4) is 11.5 Å². The highest BCUT2D eigenvalue weighted by Crippen LogP contribution is 2.32. The fourth-order valence-electron chi connectivity index (χ4n) is 3.13. The van der Waals surface area contributed by atoms with Gasteiger partial charge in [0, 0.05) is 13.1 Å². The quantitative estimate of drug-likeness (QED) is 0.257. The molecule has 0 bridgehead atoms. The molecule has 0 spiro atoms. The van der Waals surface area contributed by atoms with Gasteiger partial charge in [0.15, 0.2) is 17.5 Å². The Balaban J connectivity index is 0.00000341. The van der Waals surface area contributed by atoms with Gasteiger partial charge in [-0.2, -0.15) is 0 Å². The van der Waals surface area contributed by atoms with Crippen molar-refractivity contribution in [1.29, 1.82) is 0 Å². The molecule has 31 heavy (non-hydrogen) atoms. The van der Waals surface area contributed by atoms with Crippen LogP contribution in [0.2, 0.25) is 0 Å². The number of halogens is 2. The Kier molecular flexibility index (Phi) is 9.83. The number of ether oxygens (including phenoxy) is 2. The van der Waals surface area contributed by atoms with E-state index >= 15 is 0 Å². The number of rotatable bonds is 9. The maximum atomic E-state index is 13.1. The molecule has 0 aliphatic carbocycles. The van der Waals surface area contributed by atoms with Crippen LogP contribution in [0.25, 0.3) is 0 Å². The van der Waals surface area contributed by atoms with Crippen LogP contribution < -0.4 is 25.8 Å². The summed E-state index contributed by atoms with van der Waals surface area (Å²) in [7, 11) is 0. The van der Waals surface area contributed by atoms with Gasteiger partial charge in [0.1, 0.15) is 5.82 Å². The Bertz CT molecular complexity index is 893. The van der Waals surface area contributed by atoms with E-state index in [1.54, 1.807) is 12.1 Å². The molecule has 0 radical (unpaired) electrons. The van der Waals surface area contributed by atoms with Crippen LogP contribution in [-0.4, -0.2) is 38.3 Å². The summed E-state index contributed by atoms with van der Waals surface area (Å²) in [5.74, 6) is 0.926. The number of fused-ring (bicyclic) bond motifs is 1. The molecule has 2 aromatic rings. The fourth-order valence-corrected chi connectivity index (χ4v) is 3.13. The van der Waals surface area contributed by atoms with Crippen LogP contribution in [0.15, 0.2) is 47.5 Å². The highest BCUT2D eigenvalue weighted by Gasteiger charge is 2.16. The molecule has 1 aliphatic rings. The molecule has 4 N–H and O–H groups in total. The number of hydrogen-bond donors (Lipinski definition) is 3. The van der Waals surface area contributed by atoms with E-state index < -0.39 is 11.8 Å². The van der Waals surface area contributed by atoms with Crippen LogP contribution in [0.5, 0.6) is 11.5 Å². The minimum absolute atomic E-state index is 0. The second kappa shape index (κ2) is 12.3. The molecule has 1 heterocycles. The van der Waals surface area contributed by atoms with E-state index in [0.717, 1.165) is 29.0 Å². The van der Waals surface area contributed by atoms with E-state index in [-0.39, 0.29) is 43.1 Å². The maximum Gasteiger partial charge on any atom is 0.231 e. The highest BCUT2D eigenvalue weighted by molar-refractivity contribution is 14.0. The monoisotopic (exact) mass is 542 g/mol. The van der Waals surface area contributed by atoms with Crippen molar-refractivity contribution in [3.05, 3.63) is 59.4 Å². The molecule has 1 atom stereocenters. The number of carbonyl (C=O) groups excluding carboxylic acids is 1. The second-order valence-corrected chi connectivity index (χ2v) is 7.01. The molecular formula is C22H28FIN4O3. The summed E-state index contributed by atoms with van der Waals surface area (Å²) >= 11 is 0. The largest absolute Gasteiger partial charge is 0.454 e. The Morgan fingerprint density at radius 1 is 1.13 bits per heavy atom. The molecule has 0 saturated carbocycles. The van der Waals surface area contributed by atoms with Gasteiger partial charge in [-0.3, -0.25) is 9.79 Å². The molecule has 1 amide bonds. The molecular weight excluding hydrogens is 514 g/mol. The lowest BCUT2D eigenvalue weighted by Crippen LogP contribution is -2.39. The molecule has 0 fully saturated rings. The normalized spacial score (nSPS) is 13.3. The highest BCUT2D eigenvalue weighted by atomic mass is 127. The number of nitrogens with zero attached hydrogens (tertiary/aromatic N) is 1. The van der Waals surface area contributed by atoms with Crippen LogP contribution in [-0.2, 0) is 17.6 Å². The number of amides is 1. The first-order valence-electron chi connectivity index (χ1n) is 9.99. The summed E-state index contributed by atoms with van der Waals surface area (Å²) in [6.07, 6.45) is 1.19. The van der Waals surface area contributed by atoms with Crippen LogP contribution >= 0.6 is 24.0 Å². The van der Waals surface area contributed by atoms with Crippen molar-refractivity contribution in [2.24, 2.45) is 16.6 Å². The smallest absolute Gasteiger partial charge is 0.231 e. The van der Waals surface area contributed by atoms with Gasteiger partial charge in [-0.1, -0.05) is 18.2 Å². The number of nitrogens with one attached hydrogen (secondary N) is 2. The summed E-state index contributed by atoms with van der Waals surface area (Å²) in [5, 5.41) is 6.44. The number of hydrogen-bond acceptors (Lipinski definition) is 4. The maximum absolute atomic E-state index is 13.1. The van der Waals surface area contributed by atoms with Crippen LogP contribution in [0.1, 0.15) is 18.1 Å². The van der Waals surface area contributed by atoms with E-state index in [9.17, 15) is 9.18 Å². The molecule has 0 saturated heterocycles. The molecule has 1 unspecified atom stereocenters. The average Bonchev–Trinajstić information content (AvgIpc) is 3.20. The van der Waals surface area contributed by atoms with Crippen molar-refractivity contribution < 1.29 is 18.7 Å². The Labute approximate surface area is 198 Å². The first kappa shape index (κ1) is 24.7. The van der Waals surface area contributed by atoms with Gasteiger partial charge < -0.3 is 25.8 Å². The Morgan fingerprint density at radius 2 is 1.84 bits per heavy atom. The number of nitrogens with two attached hydrogens (primary N) is 1. The predicted octanol–water partition coefficient (Wildman–Crippen LogP) is 2.61. The summed E-state index contributed by atoms with van der Waals surface area (Å²) in [5.41, 5.74) is 7.51. The average molecular weight is 542 g/mol. The third-order valence-corrected chi connectivity index (χ3v) is 4.75. The number of guanidine groups is 1. The van der Waals surface area contributed by atoms with Gasteiger partial charge in [-0.15, -0.1) is 24.0 Å². The third-order valence-electron chi connectivity index (χ3n) is 4.75. The van der Waals surface area contributed by atoms with Crippen molar-refractivity contribution in [2.75, 3.05) is 26.4 Å². The minimum Gasteiger partial charge on any atom is -0.454 e. The van der Waals surface area contributed by atoms with Crippen molar-refractivity contribution in [1.82, 2.24) is 10.6 Å². The zero-order valence-electron chi connectivity index (χ0n) is 17.4. The van der Waals surface area contributed by atoms with Crippen LogP contribution in [0.3, 0.4) is 0 Å². The summed E-state index contributed by atoms with van der Waals surface area (Å²) in [4.78, 5) is 16.4. The molecule has 2 aromatic carbocycles. The molecule has 9 heteroatoms. The number of primary amides is 1. The van der Waals surface area contributed by atoms with E-state index in [2.05, 4.69) is 15.6 Å². The molecule has 1 aliphatic heterocycles. The molecule has 3 rings (SSSR count). The first-order valence-corrected chi connectivity index (χ1v) is 9.99. The zero-order chi connectivity index (χ0) is 21.3. The Morgan fingerprint density at radius 3 is 2.55 bits per heavy atom. The SMILES string of the molecule is CCNC(=NCC(Cc1ccc(F)cc1)C(N)=O)NCCc1ccc2c(c1)OCO2.I. The van der Waals surface area contributed by atoms with Crippen LogP contribution in [0, 0.1) is 11.7 Å². The minimum atomic E-state index is -0.472. The topological polar surface area (TPSA) is 98.0 Å². The number of aliphatic imine (C=N–C) groups is 1. The van der Waals surface area contributed by atoms with E-state index in [1.807, 2.05) is 25.1 Å². The molecule has 7 nitrogen and oxygen atoms in total. The number of benzene rings is 2. The van der Waals surface area contributed by atoms with Crippen molar-refractivity contribution >= 4 is 35.8 Å². The lowest BCUT2D eigenvalue weighted by atomic mass is 9.99. The van der Waals surface area contributed by atoms with Gasteiger partial charge in [0.2, 0.25) is 12.7 Å². The zero-order valence-corrected chi connectivity index (χ0v) is 19.7. The summed E-state index contributed by atoms with van der Waals surface area (Å²) in [6.45, 7) is 3.82. The van der Waals surface area contributed by atoms with E-state index in [0.29, 0.717) is 25.5 Å². The lowest BCUT2D eigenvalue weighted by Gasteiger charge is -2.15. The summed E-state index contributed by atoms with van der Waals surface area (Å²) < 4.78 is 23.8. The van der Waals surface area contributed by atoms with Crippen molar-refractivity contribution in [2.45, 2.75) is 19.8 Å². The van der Waals surface area contributed by atoms with Gasteiger partial charge in [-0.05, 0) is 55.2 Å². The Hall–Kier alpha value is -2.56. The van der Waals surface area contributed by atoms with Crippen molar-refractivity contribution in [3.63, 3.8) is 0 Å². The lowest BCUT2D eigenvalue weighted by molar-refractivity contribution is -0.121. The number of carbonyl (C=O) groups is 1. The van der Waals surface area contributed by atoms with Gasteiger partial charge in [0.25, 0.3) is 0 Å². The summed E-state index contributed by atoms with van der Waals surface area (Å²) in [6, 6.07) is 11.9. The second-order valence-electron chi connectivity index (χ2n) is 7.01. The fraction of sp³-hybridized carbons (Fsp3) is 0.364. The standard InChI is InChI=1S/C22H27FN4O3.HI/c1-2-25-22(26-10-9-16-5-8-19-20(12-16)30-14-29-19)27-13-17(21(24)28)11-15-3-6-18(23)7-4-15;/h3-8,12,17H,2,9-11,13-14H2,1H3,(H2,24,28)(H2,25,26,27);1H. The third kappa shape index (κ3) is 7.57. The van der Waals surface area contributed by atoms with Crippen LogP contribution in [0.4, 0.5) is 4.39 Å². The first-order chi connectivity index (χ1) is 14.5. The van der Waals surface area contributed by atoms with Gasteiger partial charge in [0.05, 0.1) is 12.5 Å².